The lowest BCUT2D eigenvalue weighted by molar-refractivity contribution is -0.131. The summed E-state index contributed by atoms with van der Waals surface area (Å²) in [5.74, 6) is 2.46. The fourth-order valence-corrected chi connectivity index (χ4v) is 2.68. The fourth-order valence-electron chi connectivity index (χ4n) is 2.68. The highest BCUT2D eigenvalue weighted by atomic mass is 16.6. The van der Waals surface area contributed by atoms with E-state index < -0.39 is 0 Å². The molecular formula is C18H21NO4. The quantitative estimate of drug-likeness (QED) is 0.822. The second kappa shape index (κ2) is 7.22. The second-order valence-corrected chi connectivity index (χ2v) is 5.43. The Hall–Kier alpha value is -2.43. The van der Waals surface area contributed by atoms with E-state index in [1.165, 1.54) is 0 Å². The predicted octanol–water partition coefficient (Wildman–Crippen LogP) is 3.03. The molecule has 1 aliphatic rings. The molecule has 1 aliphatic heterocycles. The maximum atomic E-state index is 12.5. The number of carbonyl (C=O) groups excluding carboxylic acids is 1. The lowest BCUT2D eigenvalue weighted by Gasteiger charge is -2.25. The molecule has 0 radical (unpaired) electrons. The first-order valence-corrected chi connectivity index (χ1v) is 7.95. The Bertz CT molecular complexity index is 651. The molecule has 23 heavy (non-hydrogen) atoms. The largest absolute Gasteiger partial charge is 0.486 e. The van der Waals surface area contributed by atoms with E-state index in [-0.39, 0.29) is 5.91 Å². The van der Waals surface area contributed by atoms with Crippen molar-refractivity contribution in [2.24, 2.45) is 0 Å². The number of rotatable bonds is 6. The van der Waals surface area contributed by atoms with E-state index in [9.17, 15) is 4.79 Å². The number of hydrogen-bond donors (Lipinski definition) is 0. The number of aryl methyl sites for hydroxylation is 1. The molecule has 1 aromatic heterocycles. The van der Waals surface area contributed by atoms with Gasteiger partial charge in [-0.2, -0.15) is 0 Å². The molecule has 0 unspecified atom stereocenters. The predicted molar refractivity (Wildman–Crippen MR) is 85.6 cm³/mol. The van der Waals surface area contributed by atoms with Crippen LogP contribution < -0.4 is 9.47 Å². The van der Waals surface area contributed by atoms with Crippen LogP contribution in [0.25, 0.3) is 0 Å². The molecule has 122 valence electrons. The molecule has 1 aromatic carbocycles. The summed E-state index contributed by atoms with van der Waals surface area (Å²) in [5.41, 5.74) is 0.982. The van der Waals surface area contributed by atoms with Gasteiger partial charge in [0.2, 0.25) is 5.91 Å². The average Bonchev–Trinajstić information content (AvgIpc) is 3.11. The van der Waals surface area contributed by atoms with Crippen LogP contribution in [0.5, 0.6) is 11.5 Å². The number of hydrogen-bond acceptors (Lipinski definition) is 4. The molecule has 0 fully saturated rings. The highest BCUT2D eigenvalue weighted by Gasteiger charge is 2.19. The smallest absolute Gasteiger partial charge is 0.223 e. The molecule has 0 atom stereocenters. The molecule has 0 saturated carbocycles. The van der Waals surface area contributed by atoms with Crippen molar-refractivity contribution >= 4 is 5.91 Å². The van der Waals surface area contributed by atoms with Crippen LogP contribution >= 0.6 is 0 Å². The Kier molecular flexibility index (Phi) is 4.86. The lowest BCUT2D eigenvalue weighted by atomic mass is 10.1. The van der Waals surface area contributed by atoms with Crippen LogP contribution in [0.15, 0.2) is 41.0 Å². The standard InChI is InChI=1S/C18H21NO4/c1-2-19(17(20)9-8-15-6-4-10-21-15)13-14-5-3-7-16-18(14)23-12-11-22-16/h3-7,10H,2,8-9,11-13H2,1H3. The number of furan rings is 1. The molecular weight excluding hydrogens is 294 g/mol. The molecule has 0 spiro atoms. The third kappa shape index (κ3) is 3.67. The Morgan fingerprint density at radius 2 is 2.04 bits per heavy atom. The lowest BCUT2D eigenvalue weighted by Crippen LogP contribution is -2.31. The molecule has 2 heterocycles. The third-order valence-corrected chi connectivity index (χ3v) is 3.91. The zero-order valence-electron chi connectivity index (χ0n) is 13.3. The highest BCUT2D eigenvalue weighted by Crippen LogP contribution is 2.34. The molecule has 0 bridgehead atoms. The van der Waals surface area contributed by atoms with Crippen LogP contribution in [0, 0.1) is 0 Å². The molecule has 1 amide bonds. The first-order valence-electron chi connectivity index (χ1n) is 7.95. The molecule has 3 rings (SSSR count). The molecule has 5 nitrogen and oxygen atoms in total. The zero-order chi connectivity index (χ0) is 16.1. The van der Waals surface area contributed by atoms with Gasteiger partial charge in [-0.3, -0.25) is 4.79 Å². The van der Waals surface area contributed by atoms with Crippen molar-refractivity contribution in [3.8, 4) is 11.5 Å². The maximum Gasteiger partial charge on any atom is 0.223 e. The summed E-state index contributed by atoms with van der Waals surface area (Å²) in [7, 11) is 0. The summed E-state index contributed by atoms with van der Waals surface area (Å²) in [6, 6.07) is 9.54. The van der Waals surface area contributed by atoms with Gasteiger partial charge in [0.1, 0.15) is 19.0 Å². The summed E-state index contributed by atoms with van der Waals surface area (Å²) >= 11 is 0. The van der Waals surface area contributed by atoms with Gasteiger partial charge in [-0.15, -0.1) is 0 Å². The molecule has 2 aromatic rings. The van der Waals surface area contributed by atoms with Crippen molar-refractivity contribution < 1.29 is 18.7 Å². The SMILES string of the molecule is CCN(Cc1cccc2c1OCCO2)C(=O)CCc1ccco1. The van der Waals surface area contributed by atoms with E-state index in [1.807, 2.05) is 42.2 Å². The molecule has 5 heteroatoms. The number of carbonyl (C=O) groups is 1. The Balaban J connectivity index is 1.66. The van der Waals surface area contributed by atoms with Gasteiger partial charge in [0.15, 0.2) is 11.5 Å². The summed E-state index contributed by atoms with van der Waals surface area (Å²) in [6.07, 6.45) is 2.69. The van der Waals surface area contributed by atoms with Crippen molar-refractivity contribution in [3.63, 3.8) is 0 Å². The number of fused-ring (bicyclic) bond motifs is 1. The summed E-state index contributed by atoms with van der Waals surface area (Å²) in [6.45, 7) is 4.28. The van der Waals surface area contributed by atoms with Crippen molar-refractivity contribution in [1.82, 2.24) is 4.90 Å². The number of nitrogens with zero attached hydrogens (tertiary/aromatic N) is 1. The van der Waals surface area contributed by atoms with Gasteiger partial charge in [-0.05, 0) is 25.1 Å². The monoisotopic (exact) mass is 315 g/mol. The van der Waals surface area contributed by atoms with Crippen molar-refractivity contribution in [3.05, 3.63) is 47.9 Å². The Labute approximate surface area is 135 Å². The van der Waals surface area contributed by atoms with Crippen LogP contribution in [0.2, 0.25) is 0 Å². The van der Waals surface area contributed by atoms with Crippen LogP contribution in [-0.2, 0) is 17.8 Å². The van der Waals surface area contributed by atoms with Crippen molar-refractivity contribution in [1.29, 1.82) is 0 Å². The summed E-state index contributed by atoms with van der Waals surface area (Å²) < 4.78 is 16.6. The number of benzene rings is 1. The average molecular weight is 315 g/mol. The topological polar surface area (TPSA) is 51.9 Å². The van der Waals surface area contributed by atoms with E-state index in [1.54, 1.807) is 6.26 Å². The van der Waals surface area contributed by atoms with E-state index in [0.29, 0.717) is 39.1 Å². The van der Waals surface area contributed by atoms with Crippen LogP contribution in [-0.4, -0.2) is 30.6 Å². The van der Waals surface area contributed by atoms with Gasteiger partial charge < -0.3 is 18.8 Å². The van der Waals surface area contributed by atoms with Gasteiger partial charge >= 0.3 is 0 Å². The van der Waals surface area contributed by atoms with Gasteiger partial charge in [0.05, 0.1) is 6.26 Å². The molecule has 0 aliphatic carbocycles. The van der Waals surface area contributed by atoms with Gasteiger partial charge in [0, 0.05) is 31.5 Å². The third-order valence-electron chi connectivity index (χ3n) is 3.91. The first-order chi connectivity index (χ1) is 11.3. The van der Waals surface area contributed by atoms with Crippen LogP contribution in [0.1, 0.15) is 24.7 Å². The van der Waals surface area contributed by atoms with E-state index in [2.05, 4.69) is 0 Å². The van der Waals surface area contributed by atoms with Gasteiger partial charge in [-0.25, -0.2) is 0 Å². The maximum absolute atomic E-state index is 12.5. The second-order valence-electron chi connectivity index (χ2n) is 5.43. The minimum absolute atomic E-state index is 0.109. The fraction of sp³-hybridized carbons (Fsp3) is 0.389. The molecule has 0 saturated heterocycles. The van der Waals surface area contributed by atoms with E-state index >= 15 is 0 Å². The summed E-state index contributed by atoms with van der Waals surface area (Å²) in [5, 5.41) is 0. The normalized spacial score (nSPS) is 12.9. The minimum atomic E-state index is 0.109. The highest BCUT2D eigenvalue weighted by molar-refractivity contribution is 5.76. The minimum Gasteiger partial charge on any atom is -0.486 e. The number of para-hydroxylation sites is 1. The number of amides is 1. The first kappa shape index (κ1) is 15.5. The Morgan fingerprint density at radius 1 is 1.17 bits per heavy atom. The van der Waals surface area contributed by atoms with Crippen molar-refractivity contribution in [2.45, 2.75) is 26.3 Å². The van der Waals surface area contributed by atoms with E-state index in [4.69, 9.17) is 13.9 Å². The van der Waals surface area contributed by atoms with E-state index in [0.717, 1.165) is 22.8 Å². The van der Waals surface area contributed by atoms with Gasteiger partial charge in [0.25, 0.3) is 0 Å². The zero-order valence-corrected chi connectivity index (χ0v) is 13.3. The number of ether oxygens (including phenoxy) is 2. The van der Waals surface area contributed by atoms with Crippen LogP contribution in [0.3, 0.4) is 0 Å². The molecule has 0 N–H and O–H groups in total. The van der Waals surface area contributed by atoms with Crippen molar-refractivity contribution in [2.75, 3.05) is 19.8 Å². The van der Waals surface area contributed by atoms with Crippen LogP contribution in [0.4, 0.5) is 0 Å². The van der Waals surface area contributed by atoms with Gasteiger partial charge in [-0.1, -0.05) is 12.1 Å². The Morgan fingerprint density at radius 3 is 2.83 bits per heavy atom. The summed E-state index contributed by atoms with van der Waals surface area (Å²) in [4.78, 5) is 14.3.